The molecule has 0 radical (unpaired) electrons. The number of likely N-dealkylation sites (tertiary alicyclic amines) is 1. The molecular weight excluding hydrogens is 394 g/mol. The number of carbonyl (C=O) groups excluding carboxylic acids is 2. The largest absolute Gasteiger partial charge is 0.496 e. The summed E-state index contributed by atoms with van der Waals surface area (Å²) in [6, 6.07) is 12.9. The van der Waals surface area contributed by atoms with Crippen molar-refractivity contribution in [2.45, 2.75) is 23.8 Å². The first-order valence-corrected chi connectivity index (χ1v) is 10.7. The third kappa shape index (κ3) is 4.93. The van der Waals surface area contributed by atoms with Gasteiger partial charge in [0, 0.05) is 24.7 Å². The number of carbonyl (C=O) groups is 2. The minimum atomic E-state index is -3.94. The number of hydrogen-bond acceptors (Lipinski definition) is 5. The molecule has 8 nitrogen and oxygen atoms in total. The van der Waals surface area contributed by atoms with Crippen LogP contribution in [0.4, 0.5) is 0 Å². The molecule has 0 unspecified atom stereocenters. The number of piperidine rings is 1. The third-order valence-corrected chi connectivity index (χ3v) is 5.79. The van der Waals surface area contributed by atoms with Gasteiger partial charge in [0.05, 0.1) is 17.6 Å². The van der Waals surface area contributed by atoms with Crippen LogP contribution in [-0.2, 0) is 10.0 Å². The van der Waals surface area contributed by atoms with Crippen LogP contribution in [0.1, 0.15) is 33.6 Å². The molecule has 3 N–H and O–H groups in total. The zero-order valence-electron chi connectivity index (χ0n) is 16.0. The first-order valence-electron chi connectivity index (χ1n) is 9.15. The predicted molar refractivity (Wildman–Crippen MR) is 107 cm³/mol. The number of methoxy groups -OCH3 is 1. The predicted octanol–water partition coefficient (Wildman–Crippen LogP) is 1.38. The second-order valence-electron chi connectivity index (χ2n) is 6.81. The first-order chi connectivity index (χ1) is 13.8. The van der Waals surface area contributed by atoms with Crippen molar-refractivity contribution in [2.75, 3.05) is 20.2 Å². The Kier molecular flexibility index (Phi) is 6.19. The van der Waals surface area contributed by atoms with E-state index in [4.69, 9.17) is 9.88 Å². The Morgan fingerprint density at radius 2 is 1.76 bits per heavy atom. The molecule has 2 aromatic carbocycles. The lowest BCUT2D eigenvalue weighted by Crippen LogP contribution is -2.46. The molecule has 0 aliphatic carbocycles. The molecule has 3 rings (SSSR count). The molecule has 0 atom stereocenters. The highest BCUT2D eigenvalue weighted by molar-refractivity contribution is 7.89. The highest BCUT2D eigenvalue weighted by Crippen LogP contribution is 2.25. The Balaban J connectivity index is 1.66. The van der Waals surface area contributed by atoms with Gasteiger partial charge in [0.2, 0.25) is 10.0 Å². The zero-order chi connectivity index (χ0) is 21.0. The molecule has 2 aromatic rings. The Labute approximate surface area is 169 Å². The lowest BCUT2D eigenvalue weighted by molar-refractivity contribution is 0.0694. The smallest absolute Gasteiger partial charge is 0.257 e. The summed E-state index contributed by atoms with van der Waals surface area (Å²) in [5.74, 6) is -0.194. The second-order valence-corrected chi connectivity index (χ2v) is 8.37. The fourth-order valence-electron chi connectivity index (χ4n) is 3.29. The van der Waals surface area contributed by atoms with E-state index in [1.54, 1.807) is 29.2 Å². The molecule has 0 saturated carbocycles. The van der Waals surface area contributed by atoms with E-state index in [2.05, 4.69) is 5.32 Å². The van der Waals surface area contributed by atoms with Crippen molar-refractivity contribution in [3.8, 4) is 5.75 Å². The zero-order valence-corrected chi connectivity index (χ0v) is 16.8. The average Bonchev–Trinajstić information content (AvgIpc) is 2.73. The van der Waals surface area contributed by atoms with Gasteiger partial charge in [0.15, 0.2) is 0 Å². The molecule has 0 aromatic heterocycles. The van der Waals surface area contributed by atoms with Gasteiger partial charge in [-0.05, 0) is 43.2 Å². The summed E-state index contributed by atoms with van der Waals surface area (Å²) >= 11 is 0. The number of nitrogens with zero attached hydrogens (tertiary/aromatic N) is 1. The van der Waals surface area contributed by atoms with Crippen LogP contribution in [0, 0.1) is 0 Å². The Morgan fingerprint density at radius 1 is 1.10 bits per heavy atom. The number of hydrogen-bond donors (Lipinski definition) is 2. The fourth-order valence-corrected chi connectivity index (χ4v) is 3.83. The van der Waals surface area contributed by atoms with Crippen LogP contribution >= 0.6 is 0 Å². The third-order valence-electron chi connectivity index (χ3n) is 4.88. The maximum absolute atomic E-state index is 12.9. The number of benzene rings is 2. The van der Waals surface area contributed by atoms with Gasteiger partial charge in [-0.25, -0.2) is 13.6 Å². The molecule has 0 spiro atoms. The van der Waals surface area contributed by atoms with Crippen molar-refractivity contribution in [3.05, 3.63) is 59.7 Å². The summed E-state index contributed by atoms with van der Waals surface area (Å²) in [6.45, 7) is 0.864. The molecule has 1 aliphatic heterocycles. The summed E-state index contributed by atoms with van der Waals surface area (Å²) in [4.78, 5) is 26.7. The summed E-state index contributed by atoms with van der Waals surface area (Å²) in [5, 5.41) is 8.16. The van der Waals surface area contributed by atoms with Crippen LogP contribution in [0.15, 0.2) is 53.4 Å². The maximum Gasteiger partial charge on any atom is 0.257 e. The van der Waals surface area contributed by atoms with Gasteiger partial charge in [-0.3, -0.25) is 9.59 Å². The SMILES string of the molecule is COc1ccc(S(N)(=O)=O)cc1C(=O)N1CCC(NC(=O)c2ccccc2)CC1. The minimum Gasteiger partial charge on any atom is -0.496 e. The van der Waals surface area contributed by atoms with E-state index in [0.29, 0.717) is 31.5 Å². The summed E-state index contributed by atoms with van der Waals surface area (Å²) in [7, 11) is -2.53. The van der Waals surface area contributed by atoms with Crippen molar-refractivity contribution in [1.82, 2.24) is 10.2 Å². The number of amides is 2. The number of sulfonamides is 1. The normalized spacial score (nSPS) is 15.0. The van der Waals surface area contributed by atoms with E-state index in [1.807, 2.05) is 6.07 Å². The van der Waals surface area contributed by atoms with Gasteiger partial charge in [0.1, 0.15) is 5.75 Å². The van der Waals surface area contributed by atoms with Gasteiger partial charge < -0.3 is 15.0 Å². The monoisotopic (exact) mass is 417 g/mol. The van der Waals surface area contributed by atoms with Crippen molar-refractivity contribution < 1.29 is 22.7 Å². The Hall–Kier alpha value is -2.91. The molecule has 29 heavy (non-hydrogen) atoms. The number of nitrogens with one attached hydrogen (secondary N) is 1. The molecule has 1 saturated heterocycles. The Morgan fingerprint density at radius 3 is 2.34 bits per heavy atom. The lowest BCUT2D eigenvalue weighted by Gasteiger charge is -2.32. The topological polar surface area (TPSA) is 119 Å². The van der Waals surface area contributed by atoms with Crippen LogP contribution in [0.25, 0.3) is 0 Å². The number of ether oxygens (including phenoxy) is 1. The van der Waals surface area contributed by atoms with E-state index < -0.39 is 10.0 Å². The van der Waals surface area contributed by atoms with Crippen LogP contribution in [0.2, 0.25) is 0 Å². The second kappa shape index (κ2) is 8.62. The molecule has 0 bridgehead atoms. The summed E-state index contributed by atoms with van der Waals surface area (Å²) in [6.07, 6.45) is 1.20. The van der Waals surface area contributed by atoms with E-state index in [-0.39, 0.29) is 34.1 Å². The van der Waals surface area contributed by atoms with E-state index in [9.17, 15) is 18.0 Å². The average molecular weight is 417 g/mol. The lowest BCUT2D eigenvalue weighted by atomic mass is 10.0. The highest BCUT2D eigenvalue weighted by atomic mass is 32.2. The molecule has 1 fully saturated rings. The van der Waals surface area contributed by atoms with Crippen molar-refractivity contribution in [1.29, 1.82) is 0 Å². The van der Waals surface area contributed by atoms with E-state index in [0.717, 1.165) is 0 Å². The quantitative estimate of drug-likeness (QED) is 0.762. The summed E-state index contributed by atoms with van der Waals surface area (Å²) < 4.78 is 28.4. The van der Waals surface area contributed by atoms with E-state index >= 15 is 0 Å². The molecule has 9 heteroatoms. The van der Waals surface area contributed by atoms with Crippen molar-refractivity contribution >= 4 is 21.8 Å². The van der Waals surface area contributed by atoms with Gasteiger partial charge in [-0.1, -0.05) is 18.2 Å². The summed E-state index contributed by atoms with van der Waals surface area (Å²) in [5.41, 5.74) is 0.737. The number of primary sulfonamides is 1. The molecular formula is C20H23N3O5S. The molecule has 1 aliphatic rings. The molecule has 2 amide bonds. The van der Waals surface area contributed by atoms with Crippen LogP contribution in [-0.4, -0.2) is 51.4 Å². The molecule has 1 heterocycles. The Bertz CT molecular complexity index is 1000. The fraction of sp³-hybridized carbons (Fsp3) is 0.300. The van der Waals surface area contributed by atoms with Crippen LogP contribution in [0.5, 0.6) is 5.75 Å². The maximum atomic E-state index is 12.9. The van der Waals surface area contributed by atoms with Crippen LogP contribution < -0.4 is 15.2 Å². The van der Waals surface area contributed by atoms with E-state index in [1.165, 1.54) is 25.3 Å². The van der Waals surface area contributed by atoms with Crippen molar-refractivity contribution in [3.63, 3.8) is 0 Å². The first kappa shape index (κ1) is 20.8. The van der Waals surface area contributed by atoms with Gasteiger partial charge in [0.25, 0.3) is 11.8 Å². The van der Waals surface area contributed by atoms with Crippen molar-refractivity contribution in [2.24, 2.45) is 5.14 Å². The number of rotatable bonds is 5. The van der Waals surface area contributed by atoms with Gasteiger partial charge in [-0.15, -0.1) is 0 Å². The van der Waals surface area contributed by atoms with Gasteiger partial charge in [-0.2, -0.15) is 0 Å². The standard InChI is InChI=1S/C20H23N3O5S/c1-28-18-8-7-16(29(21,26)27)13-17(18)20(25)23-11-9-15(10-12-23)22-19(24)14-5-3-2-4-6-14/h2-8,13,15H,9-12H2,1H3,(H,22,24)(H2,21,26,27). The number of nitrogens with two attached hydrogens (primary N) is 1. The van der Waals surface area contributed by atoms with Gasteiger partial charge >= 0.3 is 0 Å². The molecule has 154 valence electrons. The minimum absolute atomic E-state index is 0.0376. The highest BCUT2D eigenvalue weighted by Gasteiger charge is 2.27. The van der Waals surface area contributed by atoms with Crippen LogP contribution in [0.3, 0.4) is 0 Å².